The number of aliphatic hydroxyl groups is 1. The summed E-state index contributed by atoms with van der Waals surface area (Å²) >= 11 is 0. The van der Waals surface area contributed by atoms with E-state index in [4.69, 9.17) is 4.74 Å². The monoisotopic (exact) mass is 382 g/mol. The molecule has 0 saturated carbocycles. The highest BCUT2D eigenvalue weighted by Crippen LogP contribution is 2.24. The van der Waals surface area contributed by atoms with Crippen molar-refractivity contribution in [3.63, 3.8) is 0 Å². The number of likely N-dealkylation sites (tertiary alicyclic amines) is 1. The predicted octanol–water partition coefficient (Wildman–Crippen LogP) is 1.99. The first-order chi connectivity index (χ1) is 13.5. The maximum Gasteiger partial charge on any atom is 0.252 e. The summed E-state index contributed by atoms with van der Waals surface area (Å²) in [5, 5.41) is 18.6. The number of hydrogen-bond acceptors (Lipinski definition) is 5. The molecule has 3 heterocycles. The molecule has 148 valence electrons. The van der Waals surface area contributed by atoms with Gasteiger partial charge in [-0.3, -0.25) is 14.8 Å². The molecule has 4 rings (SSSR count). The molecule has 0 amide bonds. The number of aliphatic hydroxyl groups excluding tert-OH is 1. The van der Waals surface area contributed by atoms with Gasteiger partial charge in [0.2, 0.25) is 0 Å². The zero-order valence-corrected chi connectivity index (χ0v) is 16.2. The Labute approximate surface area is 163 Å². The summed E-state index contributed by atoms with van der Waals surface area (Å²) in [4.78, 5) is 17.6. The first-order valence-electron chi connectivity index (χ1n) is 9.72. The highest BCUT2D eigenvalue weighted by Gasteiger charge is 2.32. The molecule has 2 atom stereocenters. The zero-order valence-electron chi connectivity index (χ0n) is 16.2. The summed E-state index contributed by atoms with van der Waals surface area (Å²) in [6.45, 7) is 6.33. The van der Waals surface area contributed by atoms with E-state index in [1.54, 1.807) is 0 Å². The number of H-pyrrole nitrogens is 2. The average Bonchev–Trinajstić information content (AvgIpc) is 3.22. The number of nitrogens with one attached hydrogen (secondary N) is 2. The second-order valence-electron chi connectivity index (χ2n) is 7.57. The third kappa shape index (κ3) is 3.95. The van der Waals surface area contributed by atoms with Crippen molar-refractivity contribution >= 4 is 10.9 Å². The Morgan fingerprint density at radius 3 is 2.89 bits per heavy atom. The second kappa shape index (κ2) is 7.77. The lowest BCUT2D eigenvalue weighted by atomic mass is 10.0. The second-order valence-corrected chi connectivity index (χ2v) is 7.57. The molecule has 1 saturated heterocycles. The van der Waals surface area contributed by atoms with Crippen LogP contribution in [0.2, 0.25) is 0 Å². The number of ether oxygens (including phenoxy) is 1. The van der Waals surface area contributed by atoms with E-state index >= 15 is 0 Å². The largest absolute Gasteiger partial charge is 0.494 e. The molecule has 1 aliphatic rings. The van der Waals surface area contributed by atoms with Gasteiger partial charge in [-0.05, 0) is 50.6 Å². The summed E-state index contributed by atoms with van der Waals surface area (Å²) in [6.07, 6.45) is 0.314. The van der Waals surface area contributed by atoms with E-state index in [1.807, 2.05) is 44.2 Å². The van der Waals surface area contributed by atoms with Gasteiger partial charge in [-0.1, -0.05) is 0 Å². The smallest absolute Gasteiger partial charge is 0.252 e. The van der Waals surface area contributed by atoms with E-state index in [0.717, 1.165) is 41.0 Å². The van der Waals surface area contributed by atoms with Gasteiger partial charge in [0.15, 0.2) is 0 Å². The quantitative estimate of drug-likeness (QED) is 0.606. The van der Waals surface area contributed by atoms with Crippen LogP contribution in [0.1, 0.15) is 23.9 Å². The number of β-amino-alcohol motifs (C(OH)–C–C–N with tert-alkyl or cyclic N) is 1. The Hall–Kier alpha value is -2.64. The number of nitrogens with zero attached hydrogens (tertiary/aromatic N) is 2. The van der Waals surface area contributed by atoms with Crippen LogP contribution in [-0.2, 0) is 13.0 Å². The highest BCUT2D eigenvalue weighted by molar-refractivity contribution is 5.80. The third-order valence-corrected chi connectivity index (χ3v) is 5.31. The van der Waals surface area contributed by atoms with Crippen LogP contribution in [0, 0.1) is 12.8 Å². The minimum absolute atomic E-state index is 0.0856. The van der Waals surface area contributed by atoms with Gasteiger partial charge in [0.05, 0.1) is 18.4 Å². The lowest BCUT2D eigenvalue weighted by Crippen LogP contribution is -2.25. The van der Waals surface area contributed by atoms with Crippen molar-refractivity contribution in [1.82, 2.24) is 20.1 Å². The molecule has 1 fully saturated rings. The Morgan fingerprint density at radius 2 is 2.14 bits per heavy atom. The number of aryl methyl sites for hydroxylation is 1. The number of hydrogen-bond donors (Lipinski definition) is 3. The minimum Gasteiger partial charge on any atom is -0.494 e. The van der Waals surface area contributed by atoms with Crippen molar-refractivity contribution in [2.45, 2.75) is 32.9 Å². The Bertz CT molecular complexity index is 1030. The van der Waals surface area contributed by atoms with Gasteiger partial charge in [-0.2, -0.15) is 5.10 Å². The molecule has 0 bridgehead atoms. The Balaban J connectivity index is 1.49. The van der Waals surface area contributed by atoms with E-state index in [9.17, 15) is 9.90 Å². The number of rotatable bonds is 6. The van der Waals surface area contributed by atoms with E-state index in [2.05, 4.69) is 20.1 Å². The molecule has 3 aromatic rings. The number of aromatic amines is 2. The van der Waals surface area contributed by atoms with Crippen LogP contribution in [0.5, 0.6) is 5.75 Å². The van der Waals surface area contributed by atoms with E-state index in [-0.39, 0.29) is 11.5 Å². The first-order valence-corrected chi connectivity index (χ1v) is 9.72. The van der Waals surface area contributed by atoms with Crippen LogP contribution in [0.3, 0.4) is 0 Å². The Morgan fingerprint density at radius 1 is 1.29 bits per heavy atom. The Kier molecular flexibility index (Phi) is 5.19. The molecule has 2 aromatic heterocycles. The maximum atomic E-state index is 12.5. The van der Waals surface area contributed by atoms with E-state index in [1.165, 1.54) is 0 Å². The van der Waals surface area contributed by atoms with Crippen LogP contribution < -0.4 is 10.3 Å². The van der Waals surface area contributed by atoms with Crippen molar-refractivity contribution in [3.05, 3.63) is 57.6 Å². The van der Waals surface area contributed by atoms with Crippen molar-refractivity contribution in [2.75, 3.05) is 19.7 Å². The summed E-state index contributed by atoms with van der Waals surface area (Å²) in [7, 11) is 0. The van der Waals surface area contributed by atoms with Crippen LogP contribution in [-0.4, -0.2) is 51.0 Å². The van der Waals surface area contributed by atoms with Crippen LogP contribution in [0.25, 0.3) is 10.9 Å². The van der Waals surface area contributed by atoms with Crippen LogP contribution in [0.15, 0.2) is 35.1 Å². The van der Waals surface area contributed by atoms with Crippen molar-refractivity contribution in [1.29, 1.82) is 0 Å². The molecule has 0 aliphatic carbocycles. The molecule has 0 radical (unpaired) electrons. The number of aromatic nitrogens is 3. The molecule has 0 unspecified atom stereocenters. The van der Waals surface area contributed by atoms with Gasteiger partial charge in [0.1, 0.15) is 5.75 Å². The average molecular weight is 382 g/mol. The molecule has 28 heavy (non-hydrogen) atoms. The van der Waals surface area contributed by atoms with Gasteiger partial charge in [-0.15, -0.1) is 0 Å². The van der Waals surface area contributed by atoms with Crippen molar-refractivity contribution < 1.29 is 9.84 Å². The highest BCUT2D eigenvalue weighted by atomic mass is 16.5. The molecule has 3 N–H and O–H groups in total. The van der Waals surface area contributed by atoms with Gasteiger partial charge < -0.3 is 14.8 Å². The van der Waals surface area contributed by atoms with Crippen molar-refractivity contribution in [2.24, 2.45) is 5.92 Å². The molecule has 1 aromatic carbocycles. The van der Waals surface area contributed by atoms with Crippen LogP contribution >= 0.6 is 0 Å². The summed E-state index contributed by atoms with van der Waals surface area (Å²) in [6, 6.07) is 9.61. The molecular weight excluding hydrogens is 356 g/mol. The fraction of sp³-hybridized carbons (Fsp3) is 0.429. The summed E-state index contributed by atoms with van der Waals surface area (Å²) < 4.78 is 5.56. The molecule has 7 heteroatoms. The van der Waals surface area contributed by atoms with Gasteiger partial charge in [0, 0.05) is 47.7 Å². The number of benzene rings is 1. The molecular formula is C21H26N4O3. The maximum absolute atomic E-state index is 12.5. The fourth-order valence-electron chi connectivity index (χ4n) is 3.96. The first kappa shape index (κ1) is 18.7. The third-order valence-electron chi connectivity index (χ3n) is 5.31. The summed E-state index contributed by atoms with van der Waals surface area (Å²) in [5.41, 5.74) is 3.40. The summed E-state index contributed by atoms with van der Waals surface area (Å²) in [5.74, 6) is 0.908. The van der Waals surface area contributed by atoms with Crippen LogP contribution in [0.4, 0.5) is 0 Å². The van der Waals surface area contributed by atoms with E-state index < -0.39 is 6.10 Å². The van der Waals surface area contributed by atoms with Gasteiger partial charge >= 0.3 is 0 Å². The standard InChI is InChI=1S/C21H26N4O3/c1-3-28-18-4-5-19-14(9-18)7-16(21(27)22-19)11-25-10-15(20(26)12-25)8-17-6-13(2)23-24-17/h4-7,9,15,20,26H,3,8,10-12H2,1-2H3,(H,22,27)(H,23,24)/t15-,20+/m1/s1. The van der Waals surface area contributed by atoms with Gasteiger partial charge in [-0.25, -0.2) is 0 Å². The van der Waals surface area contributed by atoms with Crippen molar-refractivity contribution in [3.8, 4) is 5.75 Å². The fourth-order valence-corrected chi connectivity index (χ4v) is 3.96. The molecule has 0 spiro atoms. The normalized spacial score (nSPS) is 20.1. The lowest BCUT2D eigenvalue weighted by Gasteiger charge is -2.15. The van der Waals surface area contributed by atoms with E-state index in [0.29, 0.717) is 25.3 Å². The predicted molar refractivity (Wildman–Crippen MR) is 108 cm³/mol. The minimum atomic E-state index is -0.416. The molecule has 1 aliphatic heterocycles. The zero-order chi connectivity index (χ0) is 19.7. The number of pyridine rings is 1. The van der Waals surface area contributed by atoms with Gasteiger partial charge in [0.25, 0.3) is 5.56 Å². The molecule has 7 nitrogen and oxygen atoms in total. The number of fused-ring (bicyclic) bond motifs is 1. The lowest BCUT2D eigenvalue weighted by molar-refractivity contribution is 0.140. The SMILES string of the molecule is CCOc1ccc2[nH]c(=O)c(CN3C[C@@H](Cc4cc(C)[nH]n4)[C@@H](O)C3)cc2c1. The topological polar surface area (TPSA) is 94.2 Å².